The summed E-state index contributed by atoms with van der Waals surface area (Å²) in [7, 11) is 0. The van der Waals surface area contributed by atoms with Crippen molar-refractivity contribution in [3.8, 4) is 0 Å². The molecule has 6 rings (SSSR count). The van der Waals surface area contributed by atoms with E-state index in [0.29, 0.717) is 35.3 Å². The second-order valence-corrected chi connectivity index (χ2v) is 12.3. The molecule has 2 N–H and O–H groups in total. The van der Waals surface area contributed by atoms with Crippen molar-refractivity contribution >= 4 is 52.0 Å². The molecule has 234 valence electrons. The van der Waals surface area contributed by atoms with Crippen LogP contribution in [-0.4, -0.2) is 75.0 Å². The van der Waals surface area contributed by atoms with Gasteiger partial charge in [0.05, 0.1) is 37.6 Å². The van der Waals surface area contributed by atoms with Gasteiger partial charge in [-0.25, -0.2) is 9.97 Å². The Balaban J connectivity index is 0.963. The average molecular weight is 645 g/mol. The third-order valence-corrected chi connectivity index (χ3v) is 9.12. The van der Waals surface area contributed by atoms with Gasteiger partial charge in [0, 0.05) is 73.2 Å². The normalized spacial score (nSPS) is 15.1. The van der Waals surface area contributed by atoms with E-state index in [1.54, 1.807) is 6.20 Å². The number of nitrogens with one attached hydrogen (secondary N) is 2. The molecule has 0 saturated carbocycles. The van der Waals surface area contributed by atoms with E-state index in [0.717, 1.165) is 74.4 Å². The second-order valence-electron chi connectivity index (χ2n) is 10.9. The summed E-state index contributed by atoms with van der Waals surface area (Å²) in [6, 6.07) is 24.6. The lowest BCUT2D eigenvalue weighted by Crippen LogP contribution is -2.36. The SMILES string of the molecule is O=C(CCNc1ccc(N2CCOCC2)cc1)Nc1ccc(Sc2nc(Cc3ccc(N4CCOCC4)cc3)ncc2Cl)cc1. The summed E-state index contributed by atoms with van der Waals surface area (Å²) in [6.07, 6.45) is 2.64. The van der Waals surface area contributed by atoms with Crippen LogP contribution in [0.25, 0.3) is 0 Å². The molecule has 0 radical (unpaired) electrons. The maximum atomic E-state index is 12.6. The Morgan fingerprint density at radius 2 is 1.38 bits per heavy atom. The Bertz CT molecular complexity index is 1540. The molecule has 0 aliphatic carbocycles. The molecular weight excluding hydrogens is 608 g/mol. The maximum Gasteiger partial charge on any atom is 0.226 e. The standard InChI is InChI=1S/C34H37ClN6O3S/c35-31-24-37-32(23-25-1-7-28(8-2-25)40-15-19-43-20-16-40)39-34(31)45-30-11-5-27(6-12-30)38-33(42)13-14-36-26-3-9-29(10-4-26)41-17-21-44-22-18-41/h1-12,24,36H,13-23H2,(H,38,42). The van der Waals surface area contributed by atoms with Gasteiger partial charge in [0.15, 0.2) is 0 Å². The topological polar surface area (TPSA) is 91.9 Å². The van der Waals surface area contributed by atoms with Gasteiger partial charge in [-0.15, -0.1) is 0 Å². The number of hydrogen-bond donors (Lipinski definition) is 2. The molecular formula is C34H37ClN6O3S. The Kier molecular flexibility index (Phi) is 10.7. The van der Waals surface area contributed by atoms with Gasteiger partial charge in [0.25, 0.3) is 0 Å². The molecule has 2 aliphatic rings. The molecule has 2 fully saturated rings. The summed E-state index contributed by atoms with van der Waals surface area (Å²) >= 11 is 7.94. The zero-order valence-corrected chi connectivity index (χ0v) is 26.7. The molecule has 3 aromatic carbocycles. The van der Waals surface area contributed by atoms with Crippen LogP contribution < -0.4 is 20.4 Å². The molecule has 0 unspecified atom stereocenters. The number of ether oxygens (including phenoxy) is 2. The van der Waals surface area contributed by atoms with Gasteiger partial charge in [-0.3, -0.25) is 4.79 Å². The lowest BCUT2D eigenvalue weighted by Gasteiger charge is -2.28. The molecule has 4 aromatic rings. The van der Waals surface area contributed by atoms with Gasteiger partial charge in [-0.2, -0.15) is 0 Å². The summed E-state index contributed by atoms with van der Waals surface area (Å²) in [6.45, 7) is 7.25. The number of nitrogens with zero attached hydrogens (tertiary/aromatic N) is 4. The van der Waals surface area contributed by atoms with Gasteiger partial charge in [0.2, 0.25) is 5.91 Å². The predicted molar refractivity (Wildman–Crippen MR) is 181 cm³/mol. The van der Waals surface area contributed by atoms with Gasteiger partial charge in [-0.05, 0) is 66.2 Å². The van der Waals surface area contributed by atoms with Gasteiger partial charge in [0.1, 0.15) is 10.9 Å². The first-order valence-electron chi connectivity index (χ1n) is 15.3. The quantitative estimate of drug-likeness (QED) is 0.191. The van der Waals surface area contributed by atoms with Crippen molar-refractivity contribution < 1.29 is 14.3 Å². The number of halogens is 1. The number of aromatic nitrogens is 2. The van der Waals surface area contributed by atoms with Crippen molar-refractivity contribution in [2.45, 2.75) is 22.8 Å². The van der Waals surface area contributed by atoms with Crippen LogP contribution in [-0.2, 0) is 20.7 Å². The van der Waals surface area contributed by atoms with E-state index in [1.807, 2.05) is 24.3 Å². The highest BCUT2D eigenvalue weighted by molar-refractivity contribution is 7.99. The largest absolute Gasteiger partial charge is 0.385 e. The number of carbonyl (C=O) groups excluding carboxylic acids is 1. The average Bonchev–Trinajstić information content (AvgIpc) is 3.08. The summed E-state index contributed by atoms with van der Waals surface area (Å²) in [5, 5.41) is 7.52. The number of anilines is 4. The van der Waals surface area contributed by atoms with Gasteiger partial charge < -0.3 is 29.9 Å². The van der Waals surface area contributed by atoms with Crippen LogP contribution in [0.4, 0.5) is 22.7 Å². The van der Waals surface area contributed by atoms with E-state index in [2.05, 4.69) is 73.9 Å². The number of benzene rings is 3. The first-order valence-corrected chi connectivity index (χ1v) is 16.5. The minimum absolute atomic E-state index is 0.0469. The molecule has 1 aromatic heterocycles. The minimum atomic E-state index is -0.0469. The molecule has 2 saturated heterocycles. The van der Waals surface area contributed by atoms with Gasteiger partial charge in [-0.1, -0.05) is 35.5 Å². The molecule has 0 spiro atoms. The smallest absolute Gasteiger partial charge is 0.226 e. The molecule has 9 nitrogen and oxygen atoms in total. The van der Waals surface area contributed by atoms with E-state index >= 15 is 0 Å². The van der Waals surface area contributed by atoms with Crippen LogP contribution in [0.1, 0.15) is 17.8 Å². The first-order chi connectivity index (χ1) is 22.1. The zero-order valence-electron chi connectivity index (χ0n) is 25.1. The van der Waals surface area contributed by atoms with E-state index in [-0.39, 0.29) is 5.91 Å². The van der Waals surface area contributed by atoms with E-state index in [4.69, 9.17) is 26.1 Å². The van der Waals surface area contributed by atoms with Crippen molar-refractivity contribution in [2.24, 2.45) is 0 Å². The fourth-order valence-corrected chi connectivity index (χ4v) is 6.25. The van der Waals surface area contributed by atoms with Crippen LogP contribution in [0.15, 0.2) is 88.9 Å². The zero-order chi connectivity index (χ0) is 30.8. The third-order valence-electron chi connectivity index (χ3n) is 7.71. The fraction of sp³-hybridized carbons (Fsp3) is 0.324. The highest BCUT2D eigenvalue weighted by Gasteiger charge is 2.13. The van der Waals surface area contributed by atoms with Crippen LogP contribution >= 0.6 is 23.4 Å². The van der Waals surface area contributed by atoms with Crippen LogP contribution in [0.3, 0.4) is 0 Å². The number of morpholine rings is 2. The predicted octanol–water partition coefficient (Wildman–Crippen LogP) is 5.99. The molecule has 3 heterocycles. The second kappa shape index (κ2) is 15.4. The van der Waals surface area contributed by atoms with Crippen molar-refractivity contribution in [2.75, 3.05) is 79.6 Å². The Hall–Kier alpha value is -3.83. The third kappa shape index (κ3) is 8.88. The summed E-state index contributed by atoms with van der Waals surface area (Å²) in [5.41, 5.74) is 5.28. The maximum absolute atomic E-state index is 12.6. The molecule has 1 amide bonds. The lowest BCUT2D eigenvalue weighted by molar-refractivity contribution is -0.115. The molecule has 0 atom stereocenters. The monoisotopic (exact) mass is 644 g/mol. The number of rotatable bonds is 11. The first kappa shape index (κ1) is 31.2. The number of amides is 1. The molecule has 11 heteroatoms. The summed E-state index contributed by atoms with van der Waals surface area (Å²) < 4.78 is 10.9. The minimum Gasteiger partial charge on any atom is -0.385 e. The summed E-state index contributed by atoms with van der Waals surface area (Å²) in [4.78, 5) is 27.4. The van der Waals surface area contributed by atoms with Crippen LogP contribution in [0.2, 0.25) is 5.02 Å². The van der Waals surface area contributed by atoms with E-state index < -0.39 is 0 Å². The van der Waals surface area contributed by atoms with E-state index in [9.17, 15) is 4.79 Å². The van der Waals surface area contributed by atoms with Crippen molar-refractivity contribution in [3.05, 3.63) is 95.4 Å². The molecule has 2 aliphatic heterocycles. The summed E-state index contributed by atoms with van der Waals surface area (Å²) in [5.74, 6) is 0.667. The van der Waals surface area contributed by atoms with E-state index in [1.165, 1.54) is 23.1 Å². The molecule has 45 heavy (non-hydrogen) atoms. The van der Waals surface area contributed by atoms with Crippen molar-refractivity contribution in [3.63, 3.8) is 0 Å². The Morgan fingerprint density at radius 1 is 0.800 bits per heavy atom. The van der Waals surface area contributed by atoms with Crippen molar-refractivity contribution in [1.82, 2.24) is 9.97 Å². The Morgan fingerprint density at radius 3 is 2.00 bits per heavy atom. The van der Waals surface area contributed by atoms with Crippen LogP contribution in [0, 0.1) is 0 Å². The van der Waals surface area contributed by atoms with Gasteiger partial charge >= 0.3 is 0 Å². The lowest BCUT2D eigenvalue weighted by atomic mass is 10.1. The highest BCUT2D eigenvalue weighted by Crippen LogP contribution is 2.32. The Labute approximate surface area is 273 Å². The molecule has 0 bridgehead atoms. The van der Waals surface area contributed by atoms with Crippen LogP contribution in [0.5, 0.6) is 0 Å². The highest BCUT2D eigenvalue weighted by atomic mass is 35.5. The number of carbonyl (C=O) groups is 1. The number of hydrogen-bond acceptors (Lipinski definition) is 9. The fourth-order valence-electron chi connectivity index (χ4n) is 5.24. The van der Waals surface area contributed by atoms with Crippen molar-refractivity contribution in [1.29, 1.82) is 0 Å².